The van der Waals surface area contributed by atoms with Gasteiger partial charge in [0.15, 0.2) is 6.10 Å². The zero-order valence-corrected chi connectivity index (χ0v) is 37.0. The minimum Gasteiger partial charge on any atom is -0.462 e. The number of phosphoric acid groups is 1. The Labute approximate surface area is 350 Å². The Kier molecular flexibility index (Phi) is 33.2. The van der Waals surface area contributed by atoms with Gasteiger partial charge in [0, 0.05) is 12.8 Å². The van der Waals surface area contributed by atoms with E-state index in [1.165, 1.54) is 103 Å². The molecule has 14 heteroatoms. The number of aliphatic hydroxyl groups is 5. The van der Waals surface area contributed by atoms with E-state index in [0.29, 0.717) is 12.8 Å². The van der Waals surface area contributed by atoms with Crippen molar-refractivity contribution in [2.75, 3.05) is 13.2 Å². The largest absolute Gasteiger partial charge is 0.472 e. The number of aliphatic hydroxyl groups excluding tert-OH is 5. The van der Waals surface area contributed by atoms with Crippen LogP contribution in [-0.2, 0) is 32.7 Å². The molecule has 13 nitrogen and oxygen atoms in total. The fraction of sp³-hybridized carbons (Fsp3) is 0.909. The standard InChI is InChI=1S/C44H83O13P/c1-3-5-7-9-11-13-15-17-18-19-21-23-25-27-29-31-33-38(46)56-36(35-55-58(52,53)57-44-42(50)40(48)39(47)41(49)43(44)51)34-54-37(45)32-30-28-26-24-22-20-16-14-12-10-8-6-4-2/h18-19,36,39-44,47-51H,3-17,20-35H2,1-2H3,(H,52,53)/b19-18-. The maximum absolute atomic E-state index is 12.8. The van der Waals surface area contributed by atoms with E-state index in [2.05, 4.69) is 26.0 Å². The van der Waals surface area contributed by atoms with E-state index in [9.17, 15) is 44.6 Å². The lowest BCUT2D eigenvalue weighted by molar-refractivity contribution is -0.220. The molecule has 1 aliphatic rings. The first kappa shape index (κ1) is 54.6. The molecule has 6 atom stereocenters. The van der Waals surface area contributed by atoms with Crippen LogP contribution in [0, 0.1) is 0 Å². The molecule has 1 aliphatic carbocycles. The predicted octanol–water partition coefficient (Wildman–Crippen LogP) is 8.67. The van der Waals surface area contributed by atoms with Crippen LogP contribution >= 0.6 is 7.82 Å². The van der Waals surface area contributed by atoms with Crippen molar-refractivity contribution in [1.82, 2.24) is 0 Å². The highest BCUT2D eigenvalue weighted by Crippen LogP contribution is 2.47. The Balaban J connectivity index is 2.46. The van der Waals surface area contributed by atoms with Gasteiger partial charge in [-0.25, -0.2) is 4.57 Å². The number of unbranched alkanes of at least 4 members (excludes halogenated alkanes) is 24. The van der Waals surface area contributed by atoms with Crippen molar-refractivity contribution in [3.05, 3.63) is 12.2 Å². The highest BCUT2D eigenvalue weighted by atomic mass is 31.2. The maximum atomic E-state index is 12.8. The van der Waals surface area contributed by atoms with E-state index >= 15 is 0 Å². The molecule has 1 fully saturated rings. The van der Waals surface area contributed by atoms with Crippen LogP contribution in [0.15, 0.2) is 12.2 Å². The fourth-order valence-electron chi connectivity index (χ4n) is 7.11. The number of rotatable bonds is 38. The summed E-state index contributed by atoms with van der Waals surface area (Å²) >= 11 is 0. The van der Waals surface area contributed by atoms with Crippen LogP contribution in [0.2, 0.25) is 0 Å². The van der Waals surface area contributed by atoms with Gasteiger partial charge in [0.2, 0.25) is 0 Å². The van der Waals surface area contributed by atoms with Gasteiger partial charge in [-0.15, -0.1) is 0 Å². The van der Waals surface area contributed by atoms with E-state index in [-0.39, 0.29) is 12.8 Å². The Hall–Kier alpha value is -1.41. The summed E-state index contributed by atoms with van der Waals surface area (Å²) in [5.74, 6) is -1.10. The first-order valence-electron chi connectivity index (χ1n) is 23.0. The number of phosphoric ester groups is 1. The Morgan fingerprint density at radius 3 is 1.31 bits per heavy atom. The van der Waals surface area contributed by atoms with Crippen LogP contribution in [0.3, 0.4) is 0 Å². The Morgan fingerprint density at radius 2 is 0.879 bits per heavy atom. The van der Waals surface area contributed by atoms with Crippen molar-refractivity contribution in [2.24, 2.45) is 0 Å². The Bertz CT molecular complexity index is 1080. The number of hydrogen-bond donors (Lipinski definition) is 6. The molecule has 1 saturated carbocycles. The molecule has 6 unspecified atom stereocenters. The van der Waals surface area contributed by atoms with Crippen LogP contribution < -0.4 is 0 Å². The summed E-state index contributed by atoms with van der Waals surface area (Å²) in [7, 11) is -5.11. The van der Waals surface area contributed by atoms with Gasteiger partial charge in [-0.05, 0) is 38.5 Å². The number of carbonyl (C=O) groups excluding carboxylic acids is 2. The zero-order chi connectivity index (χ0) is 42.9. The topological polar surface area (TPSA) is 210 Å². The molecule has 1 rings (SSSR count). The van der Waals surface area contributed by atoms with Gasteiger partial charge < -0.3 is 39.9 Å². The molecule has 0 saturated heterocycles. The molecule has 6 N–H and O–H groups in total. The molecule has 0 aromatic rings. The molecule has 0 aromatic carbocycles. The van der Waals surface area contributed by atoms with Crippen LogP contribution in [0.1, 0.15) is 200 Å². The van der Waals surface area contributed by atoms with Crippen LogP contribution in [-0.4, -0.2) is 98.3 Å². The molecule has 0 spiro atoms. The van der Waals surface area contributed by atoms with Crippen molar-refractivity contribution in [3.8, 4) is 0 Å². The molecule has 0 aromatic heterocycles. The van der Waals surface area contributed by atoms with Gasteiger partial charge in [-0.1, -0.05) is 161 Å². The third-order valence-corrected chi connectivity index (χ3v) is 11.8. The highest BCUT2D eigenvalue weighted by molar-refractivity contribution is 7.47. The first-order valence-corrected chi connectivity index (χ1v) is 24.5. The average molecular weight is 851 g/mol. The normalized spacial score (nSPS) is 22.6. The van der Waals surface area contributed by atoms with Crippen LogP contribution in [0.25, 0.3) is 0 Å². The van der Waals surface area contributed by atoms with Crippen molar-refractivity contribution in [1.29, 1.82) is 0 Å². The SMILES string of the molecule is CCCCCCCCC/C=C\CCCCCCCC(=O)OC(COC(=O)CCCCCCCCCCCCCCC)COP(=O)(O)OC1C(O)C(O)C(O)C(O)C1O. The van der Waals surface area contributed by atoms with Gasteiger partial charge in [0.25, 0.3) is 0 Å². The summed E-state index contributed by atoms with van der Waals surface area (Å²) < 4.78 is 33.5. The molecule has 0 bridgehead atoms. The molecule has 0 heterocycles. The highest BCUT2D eigenvalue weighted by Gasteiger charge is 2.51. The quantitative estimate of drug-likeness (QED) is 0.0149. The molecule has 0 aliphatic heterocycles. The van der Waals surface area contributed by atoms with Gasteiger partial charge in [0.1, 0.15) is 43.2 Å². The maximum Gasteiger partial charge on any atom is 0.472 e. The number of allylic oxidation sites excluding steroid dienone is 2. The number of hydrogen-bond acceptors (Lipinski definition) is 12. The summed E-state index contributed by atoms with van der Waals surface area (Å²) in [6.07, 6.45) is 22.7. The number of esters is 2. The average Bonchev–Trinajstić information content (AvgIpc) is 3.20. The minimum atomic E-state index is -5.11. The second-order valence-electron chi connectivity index (χ2n) is 16.3. The number of ether oxygens (including phenoxy) is 2. The smallest absolute Gasteiger partial charge is 0.462 e. The van der Waals surface area contributed by atoms with Crippen molar-refractivity contribution < 1.29 is 63.1 Å². The van der Waals surface area contributed by atoms with Gasteiger partial charge in [-0.3, -0.25) is 18.6 Å². The van der Waals surface area contributed by atoms with Gasteiger partial charge in [0.05, 0.1) is 6.61 Å². The van der Waals surface area contributed by atoms with Gasteiger partial charge >= 0.3 is 19.8 Å². The van der Waals surface area contributed by atoms with Crippen molar-refractivity contribution in [2.45, 2.75) is 243 Å². The summed E-state index contributed by atoms with van der Waals surface area (Å²) in [5.41, 5.74) is 0. The van der Waals surface area contributed by atoms with Crippen LogP contribution in [0.5, 0.6) is 0 Å². The second-order valence-corrected chi connectivity index (χ2v) is 17.7. The molecular formula is C44H83O13P. The Morgan fingerprint density at radius 1 is 0.517 bits per heavy atom. The lowest BCUT2D eigenvalue weighted by Crippen LogP contribution is -2.64. The van der Waals surface area contributed by atoms with E-state index in [4.69, 9.17) is 18.5 Å². The van der Waals surface area contributed by atoms with Gasteiger partial charge in [-0.2, -0.15) is 0 Å². The molecule has 58 heavy (non-hydrogen) atoms. The fourth-order valence-corrected chi connectivity index (χ4v) is 8.08. The zero-order valence-electron chi connectivity index (χ0n) is 36.1. The van der Waals surface area contributed by atoms with Crippen molar-refractivity contribution >= 4 is 19.8 Å². The monoisotopic (exact) mass is 851 g/mol. The van der Waals surface area contributed by atoms with E-state index in [1.807, 2.05) is 0 Å². The van der Waals surface area contributed by atoms with E-state index < -0.39 is 75.7 Å². The van der Waals surface area contributed by atoms with Crippen molar-refractivity contribution in [3.63, 3.8) is 0 Å². The molecule has 0 radical (unpaired) electrons. The minimum absolute atomic E-state index is 0.0909. The van der Waals surface area contributed by atoms with Crippen LogP contribution in [0.4, 0.5) is 0 Å². The predicted molar refractivity (Wildman–Crippen MR) is 226 cm³/mol. The number of carbonyl (C=O) groups is 2. The lowest BCUT2D eigenvalue weighted by Gasteiger charge is -2.41. The lowest BCUT2D eigenvalue weighted by atomic mass is 9.85. The second kappa shape index (κ2) is 35.2. The summed E-state index contributed by atoms with van der Waals surface area (Å²) in [6, 6.07) is 0. The van der Waals surface area contributed by atoms with E-state index in [0.717, 1.165) is 57.8 Å². The summed E-state index contributed by atoms with van der Waals surface area (Å²) in [5, 5.41) is 50.1. The third kappa shape index (κ3) is 27.4. The molecule has 342 valence electrons. The van der Waals surface area contributed by atoms with E-state index in [1.54, 1.807) is 0 Å². The molecule has 0 amide bonds. The molecular weight excluding hydrogens is 767 g/mol. The first-order chi connectivity index (χ1) is 27.9. The summed E-state index contributed by atoms with van der Waals surface area (Å²) in [4.78, 5) is 35.6. The third-order valence-electron chi connectivity index (χ3n) is 10.9. The summed E-state index contributed by atoms with van der Waals surface area (Å²) in [6.45, 7) is 3.29.